The van der Waals surface area contributed by atoms with Gasteiger partial charge >= 0.3 is 5.97 Å². The second-order valence-electron chi connectivity index (χ2n) is 5.41. The third kappa shape index (κ3) is 4.84. The van der Waals surface area contributed by atoms with Gasteiger partial charge in [0.25, 0.3) is 0 Å². The van der Waals surface area contributed by atoms with Gasteiger partial charge in [-0.3, -0.25) is 4.79 Å². The zero-order chi connectivity index (χ0) is 15.2. The van der Waals surface area contributed by atoms with Crippen molar-refractivity contribution >= 4 is 17.7 Å². The quantitative estimate of drug-likeness (QED) is 0.719. The summed E-state index contributed by atoms with van der Waals surface area (Å²) in [6, 6.07) is 6.38. The maximum atomic E-state index is 11.4. The van der Waals surface area contributed by atoms with E-state index in [1.165, 1.54) is 16.0 Å². The summed E-state index contributed by atoms with van der Waals surface area (Å²) < 4.78 is 0. The molecule has 20 heavy (non-hydrogen) atoms. The van der Waals surface area contributed by atoms with Gasteiger partial charge in [0.2, 0.25) is 0 Å². The fourth-order valence-corrected chi connectivity index (χ4v) is 3.02. The van der Waals surface area contributed by atoms with Crippen LogP contribution in [-0.4, -0.2) is 28.9 Å². The van der Waals surface area contributed by atoms with E-state index in [0.717, 1.165) is 18.7 Å². The Labute approximate surface area is 126 Å². The summed E-state index contributed by atoms with van der Waals surface area (Å²) in [6.07, 6.45) is 1.55. The molecule has 0 saturated carbocycles. The van der Waals surface area contributed by atoms with Gasteiger partial charge in [0.05, 0.1) is 0 Å². The molecular weight excluding hydrogens is 270 g/mol. The number of carbonyl (C=O) groups is 1. The number of hydrogen-bond acceptors (Lipinski definition) is 3. The van der Waals surface area contributed by atoms with Crippen LogP contribution in [-0.2, 0) is 4.79 Å². The summed E-state index contributed by atoms with van der Waals surface area (Å²) in [5.74, 6) is 0.0220. The molecule has 0 fully saturated rings. The molecule has 1 aromatic carbocycles. The lowest BCUT2D eigenvalue weighted by atomic mass is 9.99. The molecule has 0 heterocycles. The van der Waals surface area contributed by atoms with Crippen LogP contribution in [0.25, 0.3) is 0 Å². The first-order valence-electron chi connectivity index (χ1n) is 7.07. The molecule has 3 nitrogen and oxygen atoms in total. The Morgan fingerprint density at radius 3 is 2.60 bits per heavy atom. The van der Waals surface area contributed by atoms with E-state index in [4.69, 9.17) is 0 Å². The second-order valence-corrected chi connectivity index (χ2v) is 6.58. The number of rotatable bonds is 8. The molecule has 0 radical (unpaired) electrons. The van der Waals surface area contributed by atoms with Gasteiger partial charge in [-0.05, 0) is 63.4 Å². The minimum absolute atomic E-state index is 0.611. The van der Waals surface area contributed by atoms with E-state index in [9.17, 15) is 9.90 Å². The van der Waals surface area contributed by atoms with E-state index in [1.807, 2.05) is 6.92 Å². The van der Waals surface area contributed by atoms with Crippen molar-refractivity contribution in [2.75, 3.05) is 12.3 Å². The molecule has 4 heteroatoms. The highest BCUT2D eigenvalue weighted by Gasteiger charge is 2.31. The van der Waals surface area contributed by atoms with Gasteiger partial charge in [-0.25, -0.2) is 0 Å². The Hall–Kier alpha value is -1.00. The Bertz CT molecular complexity index is 462. The lowest BCUT2D eigenvalue weighted by Gasteiger charge is -2.26. The third-order valence-corrected chi connectivity index (χ3v) is 4.58. The van der Waals surface area contributed by atoms with Crippen LogP contribution in [0.3, 0.4) is 0 Å². The molecule has 1 aromatic rings. The molecular formula is C16H25NO2S. The van der Waals surface area contributed by atoms with E-state index in [0.29, 0.717) is 6.42 Å². The number of carboxylic acid groups (broad SMARTS) is 1. The van der Waals surface area contributed by atoms with Crippen molar-refractivity contribution in [1.82, 2.24) is 5.32 Å². The fourth-order valence-electron chi connectivity index (χ4n) is 1.85. The van der Waals surface area contributed by atoms with Crippen LogP contribution in [0.4, 0.5) is 0 Å². The average Bonchev–Trinajstić information content (AvgIpc) is 2.40. The molecule has 0 spiro atoms. The van der Waals surface area contributed by atoms with Crippen LogP contribution >= 0.6 is 11.8 Å². The number of thioether (sulfide) groups is 1. The second kappa shape index (κ2) is 7.70. The van der Waals surface area contributed by atoms with E-state index in [-0.39, 0.29) is 0 Å². The number of nitrogens with one attached hydrogen (secondary N) is 1. The van der Waals surface area contributed by atoms with Crippen molar-refractivity contribution in [2.45, 2.75) is 51.0 Å². The monoisotopic (exact) mass is 295 g/mol. The molecule has 1 unspecified atom stereocenters. The molecule has 0 bridgehead atoms. The first kappa shape index (κ1) is 17.1. The van der Waals surface area contributed by atoms with Gasteiger partial charge in [0.1, 0.15) is 5.54 Å². The lowest BCUT2D eigenvalue weighted by Crippen LogP contribution is -2.50. The first-order chi connectivity index (χ1) is 9.39. The number of aliphatic carboxylic acids is 1. The number of carboxylic acids is 1. The summed E-state index contributed by atoms with van der Waals surface area (Å²) in [6.45, 7) is 8.74. The lowest BCUT2D eigenvalue weighted by molar-refractivity contribution is -0.144. The van der Waals surface area contributed by atoms with Crippen LogP contribution in [0.5, 0.6) is 0 Å². The Kier molecular flexibility index (Phi) is 6.56. The minimum atomic E-state index is -0.831. The molecule has 0 aliphatic heterocycles. The zero-order valence-corrected chi connectivity index (χ0v) is 13.6. The highest BCUT2D eigenvalue weighted by Crippen LogP contribution is 2.24. The summed E-state index contributed by atoms with van der Waals surface area (Å²) >= 11 is 1.72. The van der Waals surface area contributed by atoms with Crippen molar-refractivity contribution in [3.8, 4) is 0 Å². The standard InChI is InChI=1S/C16H25NO2S/c1-5-9-17-16(4,15(18)19)8-10-20-14-7-6-12(2)13(3)11-14/h6-7,11,17H,5,8-10H2,1-4H3,(H,18,19). The largest absolute Gasteiger partial charge is 0.480 e. The Morgan fingerprint density at radius 2 is 2.05 bits per heavy atom. The van der Waals surface area contributed by atoms with E-state index in [1.54, 1.807) is 18.7 Å². The predicted octanol–water partition coefficient (Wildman–Crippen LogP) is 3.63. The van der Waals surface area contributed by atoms with Crippen LogP contribution in [0.1, 0.15) is 37.8 Å². The highest BCUT2D eigenvalue weighted by molar-refractivity contribution is 7.99. The van der Waals surface area contributed by atoms with Crippen molar-refractivity contribution in [3.63, 3.8) is 0 Å². The zero-order valence-electron chi connectivity index (χ0n) is 12.8. The number of benzene rings is 1. The van der Waals surface area contributed by atoms with Crippen molar-refractivity contribution < 1.29 is 9.90 Å². The average molecular weight is 295 g/mol. The summed E-state index contributed by atoms with van der Waals surface area (Å²) in [4.78, 5) is 12.6. The maximum Gasteiger partial charge on any atom is 0.323 e. The Morgan fingerprint density at radius 1 is 1.35 bits per heavy atom. The van der Waals surface area contributed by atoms with E-state index < -0.39 is 11.5 Å². The van der Waals surface area contributed by atoms with Crippen LogP contribution in [0, 0.1) is 13.8 Å². The predicted molar refractivity (Wildman–Crippen MR) is 85.6 cm³/mol. The Balaban J connectivity index is 2.55. The molecule has 0 saturated heterocycles. The molecule has 0 amide bonds. The van der Waals surface area contributed by atoms with Gasteiger partial charge in [0.15, 0.2) is 0 Å². The van der Waals surface area contributed by atoms with Crippen LogP contribution < -0.4 is 5.32 Å². The summed E-state index contributed by atoms with van der Waals surface area (Å²) in [5, 5.41) is 12.5. The summed E-state index contributed by atoms with van der Waals surface area (Å²) in [7, 11) is 0. The number of hydrogen-bond donors (Lipinski definition) is 2. The van der Waals surface area contributed by atoms with Gasteiger partial charge in [-0.2, -0.15) is 0 Å². The molecule has 1 rings (SSSR count). The third-order valence-electron chi connectivity index (χ3n) is 3.59. The maximum absolute atomic E-state index is 11.4. The summed E-state index contributed by atoms with van der Waals surface area (Å²) in [5.41, 5.74) is 1.73. The van der Waals surface area contributed by atoms with Crippen LogP contribution in [0.2, 0.25) is 0 Å². The van der Waals surface area contributed by atoms with Gasteiger partial charge < -0.3 is 10.4 Å². The molecule has 0 aromatic heterocycles. The van der Waals surface area contributed by atoms with E-state index >= 15 is 0 Å². The highest BCUT2D eigenvalue weighted by atomic mass is 32.2. The van der Waals surface area contributed by atoms with Gasteiger partial charge in [0, 0.05) is 10.6 Å². The van der Waals surface area contributed by atoms with E-state index in [2.05, 4.69) is 37.4 Å². The molecule has 1 atom stereocenters. The minimum Gasteiger partial charge on any atom is -0.480 e. The first-order valence-corrected chi connectivity index (χ1v) is 8.06. The van der Waals surface area contributed by atoms with Crippen molar-refractivity contribution in [1.29, 1.82) is 0 Å². The van der Waals surface area contributed by atoms with Crippen molar-refractivity contribution in [2.24, 2.45) is 0 Å². The molecule has 2 N–H and O–H groups in total. The topological polar surface area (TPSA) is 49.3 Å². The molecule has 0 aliphatic rings. The smallest absolute Gasteiger partial charge is 0.323 e. The SMILES string of the molecule is CCCNC(C)(CCSc1ccc(C)c(C)c1)C(=O)O. The molecule has 112 valence electrons. The normalized spacial score (nSPS) is 14.0. The van der Waals surface area contributed by atoms with Gasteiger partial charge in [-0.15, -0.1) is 11.8 Å². The fraction of sp³-hybridized carbons (Fsp3) is 0.562. The van der Waals surface area contributed by atoms with Crippen molar-refractivity contribution in [3.05, 3.63) is 29.3 Å². The molecule has 0 aliphatic carbocycles. The van der Waals surface area contributed by atoms with Crippen LogP contribution in [0.15, 0.2) is 23.1 Å². The van der Waals surface area contributed by atoms with Gasteiger partial charge in [-0.1, -0.05) is 13.0 Å². The number of aryl methyl sites for hydroxylation is 2.